The van der Waals surface area contributed by atoms with Crippen molar-refractivity contribution in [1.82, 2.24) is 9.88 Å². The van der Waals surface area contributed by atoms with Gasteiger partial charge in [-0.3, -0.25) is 24.6 Å². The van der Waals surface area contributed by atoms with Crippen LogP contribution in [0.25, 0.3) is 0 Å². The molecule has 1 N–H and O–H groups in total. The molecular formula is C21H20N4O5S. The van der Waals surface area contributed by atoms with E-state index in [1.54, 1.807) is 36.6 Å². The lowest BCUT2D eigenvalue weighted by Crippen LogP contribution is -2.69. The van der Waals surface area contributed by atoms with Crippen LogP contribution in [0.2, 0.25) is 0 Å². The Morgan fingerprint density at radius 2 is 2.06 bits per heavy atom. The van der Waals surface area contributed by atoms with E-state index in [0.717, 1.165) is 18.5 Å². The zero-order valence-corrected chi connectivity index (χ0v) is 17.6. The van der Waals surface area contributed by atoms with E-state index in [-0.39, 0.29) is 30.7 Å². The number of aromatic nitrogens is 1. The van der Waals surface area contributed by atoms with Crippen molar-refractivity contribution in [2.75, 3.05) is 16.8 Å². The molecule has 9 nitrogen and oxygen atoms in total. The molecule has 3 heterocycles. The third-order valence-corrected chi connectivity index (χ3v) is 6.61. The van der Waals surface area contributed by atoms with Gasteiger partial charge in [-0.1, -0.05) is 12.1 Å². The Labute approximate surface area is 182 Å². The Morgan fingerprint density at radius 1 is 1.29 bits per heavy atom. The fourth-order valence-corrected chi connectivity index (χ4v) is 5.03. The highest BCUT2D eigenvalue weighted by atomic mass is 32.1. The van der Waals surface area contributed by atoms with Gasteiger partial charge < -0.3 is 9.64 Å². The van der Waals surface area contributed by atoms with E-state index in [1.165, 1.54) is 21.1 Å². The normalized spacial score (nSPS) is 22.2. The Morgan fingerprint density at radius 3 is 2.77 bits per heavy atom. The van der Waals surface area contributed by atoms with Crippen LogP contribution in [-0.2, 0) is 19.1 Å². The van der Waals surface area contributed by atoms with Crippen LogP contribution in [-0.4, -0.2) is 51.9 Å². The molecule has 160 valence electrons. The molecule has 1 atom stereocenters. The summed E-state index contributed by atoms with van der Waals surface area (Å²) < 4.78 is 5.38. The molecule has 1 saturated carbocycles. The molecule has 0 bridgehead atoms. The van der Waals surface area contributed by atoms with E-state index in [0.29, 0.717) is 16.4 Å². The maximum atomic E-state index is 13.4. The van der Waals surface area contributed by atoms with Crippen molar-refractivity contribution in [2.24, 2.45) is 0 Å². The monoisotopic (exact) mass is 440 g/mol. The van der Waals surface area contributed by atoms with Gasteiger partial charge in [-0.25, -0.2) is 9.78 Å². The Balaban J connectivity index is 1.44. The second kappa shape index (κ2) is 7.16. The third kappa shape index (κ3) is 3.09. The summed E-state index contributed by atoms with van der Waals surface area (Å²) in [7, 11) is 0. The van der Waals surface area contributed by atoms with Crippen LogP contribution in [0, 0.1) is 6.92 Å². The molecule has 2 fully saturated rings. The molecule has 0 spiro atoms. The average molecular weight is 440 g/mol. The molecule has 1 aliphatic carbocycles. The number of hydrogen-bond donors (Lipinski definition) is 1. The highest BCUT2D eigenvalue weighted by molar-refractivity contribution is 7.13. The van der Waals surface area contributed by atoms with Crippen molar-refractivity contribution in [3.05, 3.63) is 40.9 Å². The van der Waals surface area contributed by atoms with Crippen LogP contribution in [0.1, 0.15) is 41.7 Å². The highest BCUT2D eigenvalue weighted by Gasteiger charge is 2.64. The average Bonchev–Trinajstić information content (AvgIpc) is 3.41. The number of esters is 1. The number of thiazole rings is 1. The SMILES string of the molecule is Cc1csc(NC(=O)COC(=O)C23CCC(=O)N2c2ccccc2C(=O)N3C2CC2)n1. The van der Waals surface area contributed by atoms with Gasteiger partial charge in [0.1, 0.15) is 0 Å². The van der Waals surface area contributed by atoms with E-state index >= 15 is 0 Å². The predicted octanol–water partition coefficient (Wildman–Crippen LogP) is 2.07. The van der Waals surface area contributed by atoms with Gasteiger partial charge in [-0.15, -0.1) is 11.3 Å². The second-order valence-electron chi connectivity index (χ2n) is 7.89. The molecule has 2 aromatic rings. The number of nitrogens with one attached hydrogen (secondary N) is 1. The van der Waals surface area contributed by atoms with Gasteiger partial charge in [0.15, 0.2) is 11.7 Å². The number of fused-ring (bicyclic) bond motifs is 3. The first kappa shape index (κ1) is 19.7. The Hall–Kier alpha value is -3.27. The maximum absolute atomic E-state index is 13.4. The molecule has 1 aromatic heterocycles. The molecule has 1 saturated heterocycles. The van der Waals surface area contributed by atoms with Gasteiger partial charge >= 0.3 is 5.97 Å². The molecule has 1 aromatic carbocycles. The first-order valence-electron chi connectivity index (χ1n) is 10.1. The fraction of sp³-hybridized carbons (Fsp3) is 0.381. The number of aryl methyl sites for hydroxylation is 1. The summed E-state index contributed by atoms with van der Waals surface area (Å²) in [5.41, 5.74) is 0.0223. The van der Waals surface area contributed by atoms with E-state index in [9.17, 15) is 19.2 Å². The number of benzene rings is 1. The Kier molecular flexibility index (Phi) is 4.54. The van der Waals surface area contributed by atoms with Gasteiger partial charge in [-0.05, 0) is 31.9 Å². The lowest BCUT2D eigenvalue weighted by Gasteiger charge is -2.48. The highest BCUT2D eigenvalue weighted by Crippen LogP contribution is 2.49. The molecule has 0 radical (unpaired) electrons. The van der Waals surface area contributed by atoms with Gasteiger partial charge in [0.05, 0.1) is 16.9 Å². The van der Waals surface area contributed by atoms with Crippen molar-refractivity contribution in [3.8, 4) is 0 Å². The van der Waals surface area contributed by atoms with Crippen LogP contribution in [0.15, 0.2) is 29.6 Å². The van der Waals surface area contributed by atoms with Crippen molar-refractivity contribution in [1.29, 1.82) is 0 Å². The number of para-hydroxylation sites is 1. The van der Waals surface area contributed by atoms with Crippen LogP contribution < -0.4 is 10.2 Å². The first-order chi connectivity index (χ1) is 14.9. The number of rotatable bonds is 5. The van der Waals surface area contributed by atoms with Crippen molar-refractivity contribution in [2.45, 2.75) is 44.3 Å². The molecule has 3 amide bonds. The lowest BCUT2D eigenvalue weighted by molar-refractivity contribution is -0.159. The summed E-state index contributed by atoms with van der Waals surface area (Å²) in [6, 6.07) is 6.66. The van der Waals surface area contributed by atoms with Crippen molar-refractivity contribution >= 4 is 45.8 Å². The molecule has 31 heavy (non-hydrogen) atoms. The maximum Gasteiger partial charge on any atom is 0.354 e. The molecule has 5 rings (SSSR count). The number of carbonyl (C=O) groups excluding carboxylic acids is 4. The fourth-order valence-electron chi connectivity index (χ4n) is 4.33. The predicted molar refractivity (Wildman–Crippen MR) is 112 cm³/mol. The Bertz CT molecular complexity index is 1110. The van der Waals surface area contributed by atoms with E-state index in [2.05, 4.69) is 10.3 Å². The molecule has 1 unspecified atom stereocenters. The number of ether oxygens (including phenoxy) is 1. The topological polar surface area (TPSA) is 109 Å². The summed E-state index contributed by atoms with van der Waals surface area (Å²) in [6.07, 6.45) is 1.77. The van der Waals surface area contributed by atoms with Gasteiger partial charge in [0.25, 0.3) is 11.8 Å². The van der Waals surface area contributed by atoms with Gasteiger partial charge in [0, 0.05) is 24.3 Å². The number of carbonyl (C=O) groups is 4. The third-order valence-electron chi connectivity index (χ3n) is 5.74. The van der Waals surface area contributed by atoms with Crippen LogP contribution in [0.5, 0.6) is 0 Å². The zero-order chi connectivity index (χ0) is 21.8. The smallest absolute Gasteiger partial charge is 0.354 e. The summed E-state index contributed by atoms with van der Waals surface area (Å²) in [6.45, 7) is 1.27. The number of anilines is 2. The summed E-state index contributed by atoms with van der Waals surface area (Å²) >= 11 is 1.27. The molecule has 3 aliphatic rings. The minimum atomic E-state index is -1.55. The van der Waals surface area contributed by atoms with Crippen LogP contribution in [0.4, 0.5) is 10.8 Å². The lowest BCUT2D eigenvalue weighted by atomic mass is 9.96. The van der Waals surface area contributed by atoms with E-state index in [4.69, 9.17) is 4.74 Å². The molecule has 10 heteroatoms. The minimum Gasteiger partial charge on any atom is -0.452 e. The summed E-state index contributed by atoms with van der Waals surface area (Å²) in [5.74, 6) is -1.83. The largest absolute Gasteiger partial charge is 0.452 e. The second-order valence-corrected chi connectivity index (χ2v) is 8.75. The van der Waals surface area contributed by atoms with E-state index < -0.39 is 24.1 Å². The summed E-state index contributed by atoms with van der Waals surface area (Å²) in [5, 5.41) is 4.79. The van der Waals surface area contributed by atoms with Crippen LogP contribution in [0.3, 0.4) is 0 Å². The number of amides is 3. The minimum absolute atomic E-state index is 0.116. The summed E-state index contributed by atoms with van der Waals surface area (Å²) in [4.78, 5) is 58.9. The molecular weight excluding hydrogens is 420 g/mol. The number of nitrogens with zero attached hydrogens (tertiary/aromatic N) is 3. The van der Waals surface area contributed by atoms with Gasteiger partial charge in [-0.2, -0.15) is 0 Å². The van der Waals surface area contributed by atoms with Gasteiger partial charge in [0.2, 0.25) is 11.6 Å². The van der Waals surface area contributed by atoms with Crippen molar-refractivity contribution in [3.63, 3.8) is 0 Å². The quantitative estimate of drug-likeness (QED) is 0.713. The standard InChI is InChI=1S/C21H20N4O5S/c1-12-11-31-20(22-12)23-16(26)10-30-19(29)21-9-8-17(27)25(21)15-5-3-2-4-14(15)18(28)24(21)13-6-7-13/h2-5,11,13H,6-10H2,1H3,(H,22,23,26). The zero-order valence-electron chi connectivity index (χ0n) is 16.8. The molecule has 2 aliphatic heterocycles. The number of hydrogen-bond acceptors (Lipinski definition) is 7. The van der Waals surface area contributed by atoms with Crippen LogP contribution >= 0.6 is 11.3 Å². The van der Waals surface area contributed by atoms with Crippen molar-refractivity contribution < 1.29 is 23.9 Å². The van der Waals surface area contributed by atoms with E-state index in [1.807, 2.05) is 0 Å². The first-order valence-corrected chi connectivity index (χ1v) is 10.9.